The molecule has 0 unspecified atom stereocenters. The van der Waals surface area contributed by atoms with Crippen molar-refractivity contribution >= 4 is 0 Å². The average Bonchev–Trinajstić information content (AvgIpc) is 2.25. The molecule has 0 fully saturated rings. The molecular weight excluding hydrogens is 176 g/mol. The molecule has 74 valence electrons. The highest BCUT2D eigenvalue weighted by molar-refractivity contribution is 5.34. The molecule has 0 aromatic heterocycles. The third-order valence-electron chi connectivity index (χ3n) is 1.79. The van der Waals surface area contributed by atoms with E-state index >= 15 is 0 Å². The SMILES string of the molecule is OCCC[C@@H](O)C#Cc1ccccc1. The number of benzene rings is 1. The second kappa shape index (κ2) is 6.20. The maximum atomic E-state index is 9.36. The predicted octanol–water partition coefficient (Wildman–Crippen LogP) is 1.17. The van der Waals surface area contributed by atoms with Crippen LogP contribution in [-0.4, -0.2) is 22.9 Å². The summed E-state index contributed by atoms with van der Waals surface area (Å²) < 4.78 is 0. The van der Waals surface area contributed by atoms with Crippen LogP contribution in [0.2, 0.25) is 0 Å². The first-order valence-corrected chi connectivity index (χ1v) is 4.68. The predicted molar refractivity (Wildman–Crippen MR) is 55.6 cm³/mol. The summed E-state index contributed by atoms with van der Waals surface area (Å²) in [5.41, 5.74) is 0.899. The Morgan fingerprint density at radius 1 is 1.21 bits per heavy atom. The highest BCUT2D eigenvalue weighted by atomic mass is 16.3. The smallest absolute Gasteiger partial charge is 0.115 e. The van der Waals surface area contributed by atoms with E-state index in [2.05, 4.69) is 11.8 Å². The van der Waals surface area contributed by atoms with Gasteiger partial charge in [0, 0.05) is 12.2 Å². The largest absolute Gasteiger partial charge is 0.396 e. The number of hydrogen-bond acceptors (Lipinski definition) is 2. The molecule has 0 spiro atoms. The van der Waals surface area contributed by atoms with Gasteiger partial charge in [0.25, 0.3) is 0 Å². The van der Waals surface area contributed by atoms with Gasteiger partial charge in [-0.25, -0.2) is 0 Å². The maximum Gasteiger partial charge on any atom is 0.115 e. The molecule has 14 heavy (non-hydrogen) atoms. The van der Waals surface area contributed by atoms with Crippen molar-refractivity contribution in [1.82, 2.24) is 0 Å². The van der Waals surface area contributed by atoms with Crippen molar-refractivity contribution in [2.75, 3.05) is 6.61 Å². The van der Waals surface area contributed by atoms with E-state index in [-0.39, 0.29) is 6.61 Å². The Hall–Kier alpha value is -1.30. The number of hydrogen-bond donors (Lipinski definition) is 2. The molecule has 2 N–H and O–H groups in total. The quantitative estimate of drug-likeness (QED) is 0.702. The molecule has 2 nitrogen and oxygen atoms in total. The normalized spacial score (nSPS) is 11.6. The van der Waals surface area contributed by atoms with Crippen molar-refractivity contribution in [3.8, 4) is 11.8 Å². The molecular formula is C12H14O2. The van der Waals surface area contributed by atoms with Crippen LogP contribution in [0.5, 0.6) is 0 Å². The first kappa shape index (κ1) is 10.8. The lowest BCUT2D eigenvalue weighted by molar-refractivity contribution is 0.197. The highest BCUT2D eigenvalue weighted by Crippen LogP contribution is 1.97. The number of aliphatic hydroxyl groups is 2. The van der Waals surface area contributed by atoms with Crippen molar-refractivity contribution in [2.24, 2.45) is 0 Å². The molecule has 1 atom stereocenters. The average molecular weight is 190 g/mol. The molecule has 1 rings (SSSR count). The van der Waals surface area contributed by atoms with E-state index in [1.165, 1.54) is 0 Å². The van der Waals surface area contributed by atoms with Gasteiger partial charge in [0.05, 0.1) is 0 Å². The molecule has 0 bridgehead atoms. The lowest BCUT2D eigenvalue weighted by Gasteiger charge is -1.99. The lowest BCUT2D eigenvalue weighted by atomic mass is 10.2. The fraction of sp³-hybridized carbons (Fsp3) is 0.333. The van der Waals surface area contributed by atoms with Crippen LogP contribution in [0.1, 0.15) is 18.4 Å². The van der Waals surface area contributed by atoms with Crippen LogP contribution in [-0.2, 0) is 0 Å². The van der Waals surface area contributed by atoms with E-state index in [9.17, 15) is 5.11 Å². The van der Waals surface area contributed by atoms with Gasteiger partial charge in [0.15, 0.2) is 0 Å². The van der Waals surface area contributed by atoms with Gasteiger partial charge in [0.1, 0.15) is 6.10 Å². The van der Waals surface area contributed by atoms with Gasteiger partial charge in [-0.05, 0) is 25.0 Å². The third kappa shape index (κ3) is 4.08. The van der Waals surface area contributed by atoms with Gasteiger partial charge < -0.3 is 10.2 Å². The maximum absolute atomic E-state index is 9.36. The molecule has 1 aromatic carbocycles. The molecule has 0 aliphatic rings. The van der Waals surface area contributed by atoms with Gasteiger partial charge in [-0.15, -0.1) is 0 Å². The molecule has 0 saturated heterocycles. The van der Waals surface area contributed by atoms with Crippen LogP contribution in [0.4, 0.5) is 0 Å². The first-order valence-electron chi connectivity index (χ1n) is 4.68. The fourth-order valence-corrected chi connectivity index (χ4v) is 1.04. The van der Waals surface area contributed by atoms with E-state index < -0.39 is 6.10 Å². The Kier molecular flexibility index (Phi) is 4.77. The molecule has 0 amide bonds. The molecule has 0 saturated carbocycles. The summed E-state index contributed by atoms with van der Waals surface area (Å²) in [6.45, 7) is 0.101. The summed E-state index contributed by atoms with van der Waals surface area (Å²) in [6.07, 6.45) is 0.475. The zero-order valence-electron chi connectivity index (χ0n) is 7.98. The second-order valence-electron chi connectivity index (χ2n) is 3.02. The minimum atomic E-state index is -0.637. The van der Waals surface area contributed by atoms with Gasteiger partial charge in [-0.1, -0.05) is 30.0 Å². The van der Waals surface area contributed by atoms with Gasteiger partial charge >= 0.3 is 0 Å². The highest BCUT2D eigenvalue weighted by Gasteiger charge is 1.96. The van der Waals surface area contributed by atoms with Gasteiger partial charge in [-0.3, -0.25) is 0 Å². The van der Waals surface area contributed by atoms with E-state index in [1.807, 2.05) is 30.3 Å². The summed E-state index contributed by atoms with van der Waals surface area (Å²) >= 11 is 0. The summed E-state index contributed by atoms with van der Waals surface area (Å²) in [7, 11) is 0. The van der Waals surface area contributed by atoms with E-state index in [0.29, 0.717) is 12.8 Å². The Morgan fingerprint density at radius 3 is 2.57 bits per heavy atom. The van der Waals surface area contributed by atoms with Gasteiger partial charge in [-0.2, -0.15) is 0 Å². The van der Waals surface area contributed by atoms with E-state index in [1.54, 1.807) is 0 Å². The summed E-state index contributed by atoms with van der Waals surface area (Å²) in [5, 5.41) is 17.9. The van der Waals surface area contributed by atoms with E-state index in [4.69, 9.17) is 5.11 Å². The van der Waals surface area contributed by atoms with Crippen LogP contribution in [0.15, 0.2) is 30.3 Å². The third-order valence-corrected chi connectivity index (χ3v) is 1.79. The molecule has 0 radical (unpaired) electrons. The molecule has 2 heteroatoms. The Labute approximate surface area is 84.2 Å². The molecule has 1 aromatic rings. The van der Waals surface area contributed by atoms with Crippen LogP contribution in [0.25, 0.3) is 0 Å². The van der Waals surface area contributed by atoms with Crippen molar-refractivity contribution in [2.45, 2.75) is 18.9 Å². The van der Waals surface area contributed by atoms with Crippen molar-refractivity contribution < 1.29 is 10.2 Å². The minimum absolute atomic E-state index is 0.101. The van der Waals surface area contributed by atoms with Crippen LogP contribution in [0.3, 0.4) is 0 Å². The van der Waals surface area contributed by atoms with Crippen LogP contribution in [0, 0.1) is 11.8 Å². The van der Waals surface area contributed by atoms with Gasteiger partial charge in [0.2, 0.25) is 0 Å². The second-order valence-corrected chi connectivity index (χ2v) is 3.02. The molecule has 0 aliphatic heterocycles. The van der Waals surface area contributed by atoms with Crippen LogP contribution >= 0.6 is 0 Å². The zero-order chi connectivity index (χ0) is 10.2. The minimum Gasteiger partial charge on any atom is -0.396 e. The summed E-state index contributed by atoms with van der Waals surface area (Å²) in [6, 6.07) is 9.53. The zero-order valence-corrected chi connectivity index (χ0v) is 7.98. The van der Waals surface area contributed by atoms with Crippen molar-refractivity contribution in [3.63, 3.8) is 0 Å². The number of rotatable bonds is 3. The summed E-state index contributed by atoms with van der Waals surface area (Å²) in [5.74, 6) is 5.60. The van der Waals surface area contributed by atoms with Crippen molar-refractivity contribution in [3.05, 3.63) is 35.9 Å². The molecule has 0 aliphatic carbocycles. The monoisotopic (exact) mass is 190 g/mol. The first-order chi connectivity index (χ1) is 6.83. The standard InChI is InChI=1S/C12H14O2/c13-10-4-7-12(14)9-8-11-5-2-1-3-6-11/h1-3,5-6,12-14H,4,7,10H2/t12-/m1/s1. The Balaban J connectivity index is 2.47. The summed E-state index contributed by atoms with van der Waals surface area (Å²) in [4.78, 5) is 0. The Morgan fingerprint density at radius 2 is 1.93 bits per heavy atom. The van der Waals surface area contributed by atoms with E-state index in [0.717, 1.165) is 5.56 Å². The van der Waals surface area contributed by atoms with Crippen LogP contribution < -0.4 is 0 Å². The topological polar surface area (TPSA) is 40.5 Å². The molecule has 0 heterocycles. The Bertz CT molecular complexity index is 308. The lowest BCUT2D eigenvalue weighted by Crippen LogP contribution is -2.03. The van der Waals surface area contributed by atoms with Crippen molar-refractivity contribution in [1.29, 1.82) is 0 Å². The fourth-order valence-electron chi connectivity index (χ4n) is 1.04. The number of aliphatic hydroxyl groups excluding tert-OH is 2.